The van der Waals surface area contributed by atoms with Gasteiger partial charge in [0.1, 0.15) is 5.69 Å². The van der Waals surface area contributed by atoms with Gasteiger partial charge in [-0.2, -0.15) is 10.2 Å². The number of anilines is 1. The Balaban J connectivity index is 2.09. The highest BCUT2D eigenvalue weighted by molar-refractivity contribution is 5.59. The first-order valence-corrected chi connectivity index (χ1v) is 6.95. The van der Waals surface area contributed by atoms with Crippen LogP contribution in [0.5, 0.6) is 0 Å². The van der Waals surface area contributed by atoms with Crippen LogP contribution in [0.2, 0.25) is 0 Å². The third kappa shape index (κ3) is 3.39. The monoisotopic (exact) mass is 292 g/mol. The molecule has 0 aliphatic carbocycles. The summed E-state index contributed by atoms with van der Waals surface area (Å²) in [6.45, 7) is 2.55. The fourth-order valence-corrected chi connectivity index (χ4v) is 2.27. The summed E-state index contributed by atoms with van der Waals surface area (Å²) in [5, 5.41) is 22.9. The minimum Gasteiger partial charge on any atom is -0.364 e. The average Bonchev–Trinajstić information content (AvgIpc) is 2.95. The molecule has 0 aliphatic rings. The topological polar surface area (TPSA) is 90.8 Å². The van der Waals surface area contributed by atoms with E-state index in [1.54, 1.807) is 16.4 Å². The summed E-state index contributed by atoms with van der Waals surface area (Å²) in [7, 11) is 3.58. The molecule has 2 rings (SSSR count). The van der Waals surface area contributed by atoms with Crippen LogP contribution < -0.4 is 5.32 Å². The van der Waals surface area contributed by atoms with Gasteiger partial charge in [0.2, 0.25) is 5.82 Å². The van der Waals surface area contributed by atoms with Gasteiger partial charge in [0.05, 0.1) is 10.6 Å². The molecule has 0 amide bonds. The van der Waals surface area contributed by atoms with Crippen molar-refractivity contribution in [1.29, 1.82) is 0 Å². The number of aromatic nitrogens is 4. The summed E-state index contributed by atoms with van der Waals surface area (Å²) in [5.74, 6) is 0.458. The fourth-order valence-electron chi connectivity index (χ4n) is 2.27. The predicted molar refractivity (Wildman–Crippen MR) is 79.3 cm³/mol. The molecule has 0 saturated carbocycles. The van der Waals surface area contributed by atoms with Crippen molar-refractivity contribution >= 4 is 11.5 Å². The van der Waals surface area contributed by atoms with Crippen LogP contribution in [0.4, 0.5) is 11.5 Å². The molecule has 0 atom stereocenters. The highest BCUT2D eigenvalue weighted by atomic mass is 16.6. The molecule has 2 aromatic rings. The van der Waals surface area contributed by atoms with Crippen LogP contribution in [0.25, 0.3) is 0 Å². The Labute approximate surface area is 122 Å². The molecule has 2 heterocycles. The van der Waals surface area contributed by atoms with Gasteiger partial charge < -0.3 is 5.32 Å². The molecule has 21 heavy (non-hydrogen) atoms. The van der Waals surface area contributed by atoms with Crippen molar-refractivity contribution in [3.8, 4) is 0 Å². The number of nitrogens with zero attached hydrogens (tertiary/aromatic N) is 5. The van der Waals surface area contributed by atoms with Crippen molar-refractivity contribution in [1.82, 2.24) is 19.6 Å². The lowest BCUT2D eigenvalue weighted by Gasteiger charge is -2.04. The van der Waals surface area contributed by atoms with E-state index in [1.165, 1.54) is 0 Å². The summed E-state index contributed by atoms with van der Waals surface area (Å²) in [6.07, 6.45) is 4.00. The van der Waals surface area contributed by atoms with Crippen molar-refractivity contribution in [2.24, 2.45) is 14.1 Å². The number of nitro groups is 1. The van der Waals surface area contributed by atoms with Crippen molar-refractivity contribution in [3.63, 3.8) is 0 Å². The Morgan fingerprint density at radius 1 is 1.33 bits per heavy atom. The number of hydrogen-bond donors (Lipinski definition) is 1. The number of aryl methyl sites for hydroxylation is 3. The van der Waals surface area contributed by atoms with E-state index in [4.69, 9.17) is 0 Å². The Kier molecular flexibility index (Phi) is 4.56. The Morgan fingerprint density at radius 3 is 2.67 bits per heavy atom. The van der Waals surface area contributed by atoms with E-state index in [0.29, 0.717) is 30.9 Å². The first kappa shape index (κ1) is 15.0. The summed E-state index contributed by atoms with van der Waals surface area (Å²) >= 11 is 0. The quantitative estimate of drug-likeness (QED) is 0.619. The maximum absolute atomic E-state index is 11.3. The van der Waals surface area contributed by atoms with Crippen LogP contribution in [-0.2, 0) is 26.9 Å². The predicted octanol–water partition coefficient (Wildman–Crippen LogP) is 1.67. The Hall–Kier alpha value is -2.38. The molecular weight excluding hydrogens is 272 g/mol. The Morgan fingerprint density at radius 2 is 2.10 bits per heavy atom. The van der Waals surface area contributed by atoms with Crippen molar-refractivity contribution in [2.75, 3.05) is 11.9 Å². The average molecular weight is 292 g/mol. The molecule has 0 radical (unpaired) electrons. The van der Waals surface area contributed by atoms with E-state index in [0.717, 1.165) is 12.1 Å². The molecule has 0 fully saturated rings. The summed E-state index contributed by atoms with van der Waals surface area (Å²) in [6, 6.07) is 1.93. The molecule has 0 aliphatic heterocycles. The van der Waals surface area contributed by atoms with Crippen molar-refractivity contribution < 1.29 is 4.92 Å². The van der Waals surface area contributed by atoms with Crippen LogP contribution in [0.15, 0.2) is 12.3 Å². The highest BCUT2D eigenvalue weighted by Crippen LogP contribution is 2.28. The van der Waals surface area contributed by atoms with Gasteiger partial charge >= 0.3 is 5.69 Å². The Bertz CT molecular complexity index is 631. The smallest absolute Gasteiger partial charge is 0.333 e. The normalized spacial score (nSPS) is 10.8. The van der Waals surface area contributed by atoms with E-state index in [1.807, 2.05) is 26.2 Å². The second kappa shape index (κ2) is 6.38. The third-order valence-corrected chi connectivity index (χ3v) is 3.20. The van der Waals surface area contributed by atoms with Gasteiger partial charge in [-0.25, -0.2) is 4.68 Å². The van der Waals surface area contributed by atoms with Crippen LogP contribution >= 0.6 is 0 Å². The molecule has 114 valence electrons. The summed E-state index contributed by atoms with van der Waals surface area (Å²) in [4.78, 5) is 10.9. The van der Waals surface area contributed by atoms with Gasteiger partial charge in [-0.1, -0.05) is 13.3 Å². The molecule has 0 bridgehead atoms. The van der Waals surface area contributed by atoms with E-state index < -0.39 is 0 Å². The standard InChI is InChI=1S/C13H20N6O2/c1-4-5-11-12(19(20)21)13(18(3)16-11)14-8-6-10-7-9-17(2)15-10/h7,9,14H,4-6,8H2,1-3H3. The van der Waals surface area contributed by atoms with Crippen LogP contribution in [0.1, 0.15) is 24.7 Å². The maximum Gasteiger partial charge on any atom is 0.333 e. The molecule has 1 N–H and O–H groups in total. The van der Waals surface area contributed by atoms with Gasteiger partial charge in [-0.15, -0.1) is 0 Å². The first-order valence-electron chi connectivity index (χ1n) is 6.95. The van der Waals surface area contributed by atoms with E-state index >= 15 is 0 Å². The van der Waals surface area contributed by atoms with Gasteiger partial charge in [-0.3, -0.25) is 14.8 Å². The van der Waals surface area contributed by atoms with Crippen molar-refractivity contribution in [2.45, 2.75) is 26.2 Å². The van der Waals surface area contributed by atoms with Crippen LogP contribution in [0.3, 0.4) is 0 Å². The van der Waals surface area contributed by atoms with E-state index in [2.05, 4.69) is 15.5 Å². The van der Waals surface area contributed by atoms with Gasteiger partial charge in [0.25, 0.3) is 0 Å². The molecule has 2 aromatic heterocycles. The lowest BCUT2D eigenvalue weighted by atomic mass is 10.2. The number of rotatable bonds is 7. The van der Waals surface area contributed by atoms with Gasteiger partial charge in [0, 0.05) is 33.3 Å². The summed E-state index contributed by atoms with van der Waals surface area (Å²) < 4.78 is 3.28. The molecule has 0 spiro atoms. The zero-order valence-electron chi connectivity index (χ0n) is 12.5. The van der Waals surface area contributed by atoms with Gasteiger partial charge in [-0.05, 0) is 12.5 Å². The third-order valence-electron chi connectivity index (χ3n) is 3.20. The SMILES string of the molecule is CCCc1nn(C)c(NCCc2ccn(C)n2)c1[N+](=O)[O-]. The lowest BCUT2D eigenvalue weighted by molar-refractivity contribution is -0.384. The zero-order chi connectivity index (χ0) is 15.4. The number of hydrogen-bond acceptors (Lipinski definition) is 5. The van der Waals surface area contributed by atoms with E-state index in [-0.39, 0.29) is 10.6 Å². The van der Waals surface area contributed by atoms with Crippen LogP contribution in [-0.4, -0.2) is 31.0 Å². The lowest BCUT2D eigenvalue weighted by Crippen LogP contribution is -2.10. The van der Waals surface area contributed by atoms with E-state index in [9.17, 15) is 10.1 Å². The van der Waals surface area contributed by atoms with Gasteiger partial charge in [0.15, 0.2) is 0 Å². The molecule has 0 saturated heterocycles. The minimum atomic E-state index is -0.360. The molecular formula is C13H20N6O2. The second-order valence-electron chi connectivity index (χ2n) is 4.93. The molecule has 0 aromatic carbocycles. The zero-order valence-corrected chi connectivity index (χ0v) is 12.5. The maximum atomic E-state index is 11.3. The largest absolute Gasteiger partial charge is 0.364 e. The highest BCUT2D eigenvalue weighted by Gasteiger charge is 2.25. The number of nitrogens with one attached hydrogen (secondary N) is 1. The summed E-state index contributed by atoms with van der Waals surface area (Å²) in [5.41, 5.74) is 1.56. The molecule has 8 heteroatoms. The fraction of sp³-hybridized carbons (Fsp3) is 0.538. The van der Waals surface area contributed by atoms with Crippen LogP contribution in [0, 0.1) is 10.1 Å². The minimum absolute atomic E-state index is 0.0837. The van der Waals surface area contributed by atoms with Crippen molar-refractivity contribution in [3.05, 3.63) is 33.8 Å². The molecule has 8 nitrogen and oxygen atoms in total. The second-order valence-corrected chi connectivity index (χ2v) is 4.93. The molecule has 0 unspecified atom stereocenters. The first-order chi connectivity index (χ1) is 10.0.